The molecule has 0 unspecified atom stereocenters. The molecule has 0 N–H and O–H groups in total. The number of benzene rings is 5. The molecule has 0 radical (unpaired) electrons. The number of hydrogen-bond donors (Lipinski definition) is 0. The van der Waals surface area contributed by atoms with Crippen LogP contribution < -0.4 is 4.90 Å². The van der Waals surface area contributed by atoms with Crippen molar-refractivity contribution in [1.29, 1.82) is 0 Å². The lowest BCUT2D eigenvalue weighted by Crippen LogP contribution is -2.12. The third-order valence-electron chi connectivity index (χ3n) is 5.66. The molecule has 5 rings (SSSR count). The Morgan fingerprint density at radius 1 is 0.455 bits per heavy atom. The van der Waals surface area contributed by atoms with Crippen molar-refractivity contribution in [2.24, 2.45) is 0 Å². The first kappa shape index (κ1) is 20.5. The molecule has 0 fully saturated rings. The van der Waals surface area contributed by atoms with E-state index in [2.05, 4.69) is 157 Å². The second-order valence-electron chi connectivity index (χ2n) is 7.86. The summed E-state index contributed by atoms with van der Waals surface area (Å²) in [5, 5.41) is 0. The molecule has 0 aliphatic rings. The van der Waals surface area contributed by atoms with Crippen LogP contribution in [-0.4, -0.2) is 0 Å². The van der Waals surface area contributed by atoms with Crippen LogP contribution in [0.15, 0.2) is 146 Å². The standard InChI is InChI=1S/C32H25N/c1-5-15-26(16-6-1)25-31(27-17-7-2-8-18-27)30-23-13-14-24-32(30)33(28-19-9-3-10-20-28)29-21-11-4-12-22-29/h1-25H. The lowest BCUT2D eigenvalue weighted by molar-refractivity contribution is 1.27. The zero-order valence-corrected chi connectivity index (χ0v) is 18.4. The van der Waals surface area contributed by atoms with E-state index in [1.165, 1.54) is 22.3 Å². The molecule has 0 bridgehead atoms. The Labute approximate surface area is 195 Å². The molecule has 0 aromatic heterocycles. The third kappa shape index (κ3) is 4.63. The maximum atomic E-state index is 2.33. The minimum atomic E-state index is 1.13. The van der Waals surface area contributed by atoms with Gasteiger partial charge in [-0.05, 0) is 53.1 Å². The first-order valence-corrected chi connectivity index (χ1v) is 11.2. The van der Waals surface area contributed by atoms with E-state index in [1.54, 1.807) is 0 Å². The number of para-hydroxylation sites is 3. The number of hydrogen-bond acceptors (Lipinski definition) is 1. The van der Waals surface area contributed by atoms with Crippen LogP contribution in [0.2, 0.25) is 0 Å². The maximum Gasteiger partial charge on any atom is 0.0540 e. The number of anilines is 3. The van der Waals surface area contributed by atoms with E-state index < -0.39 is 0 Å². The molecule has 5 aromatic carbocycles. The van der Waals surface area contributed by atoms with E-state index in [0.717, 1.165) is 17.1 Å². The van der Waals surface area contributed by atoms with Gasteiger partial charge in [-0.3, -0.25) is 0 Å². The van der Waals surface area contributed by atoms with Crippen LogP contribution in [0.3, 0.4) is 0 Å². The quantitative estimate of drug-likeness (QED) is 0.247. The highest BCUT2D eigenvalue weighted by Crippen LogP contribution is 2.40. The van der Waals surface area contributed by atoms with Gasteiger partial charge in [-0.25, -0.2) is 0 Å². The van der Waals surface area contributed by atoms with Crippen LogP contribution in [0.5, 0.6) is 0 Å². The van der Waals surface area contributed by atoms with E-state index in [4.69, 9.17) is 0 Å². The fourth-order valence-electron chi connectivity index (χ4n) is 4.13. The summed E-state index contributed by atoms with van der Waals surface area (Å²) in [5.41, 5.74) is 8.13. The molecular weight excluding hydrogens is 398 g/mol. The van der Waals surface area contributed by atoms with E-state index >= 15 is 0 Å². The summed E-state index contributed by atoms with van der Waals surface area (Å²) in [7, 11) is 0. The van der Waals surface area contributed by atoms with Gasteiger partial charge in [0.2, 0.25) is 0 Å². The summed E-state index contributed by atoms with van der Waals surface area (Å²) >= 11 is 0. The van der Waals surface area contributed by atoms with E-state index in [0.29, 0.717) is 0 Å². The molecule has 1 heteroatoms. The van der Waals surface area contributed by atoms with E-state index in [9.17, 15) is 0 Å². The lowest BCUT2D eigenvalue weighted by atomic mass is 9.93. The second kappa shape index (κ2) is 9.84. The Hall–Kier alpha value is -4.36. The van der Waals surface area contributed by atoms with Crippen molar-refractivity contribution < 1.29 is 0 Å². The van der Waals surface area contributed by atoms with Crippen molar-refractivity contribution in [3.63, 3.8) is 0 Å². The van der Waals surface area contributed by atoms with Gasteiger partial charge in [0.25, 0.3) is 0 Å². The SMILES string of the molecule is C(=C(c1ccccc1)c1ccccc1N(c1ccccc1)c1ccccc1)c1ccccc1. The highest BCUT2D eigenvalue weighted by atomic mass is 15.1. The largest absolute Gasteiger partial charge is 0.310 e. The molecule has 0 atom stereocenters. The van der Waals surface area contributed by atoms with Crippen molar-refractivity contribution in [1.82, 2.24) is 0 Å². The normalized spacial score (nSPS) is 11.2. The third-order valence-corrected chi connectivity index (χ3v) is 5.66. The van der Waals surface area contributed by atoms with Crippen LogP contribution in [-0.2, 0) is 0 Å². The summed E-state index contributed by atoms with van der Waals surface area (Å²) < 4.78 is 0. The van der Waals surface area contributed by atoms with Crippen molar-refractivity contribution in [3.8, 4) is 0 Å². The first-order valence-electron chi connectivity index (χ1n) is 11.2. The molecule has 0 aliphatic heterocycles. The van der Waals surface area contributed by atoms with E-state index in [1.807, 2.05) is 0 Å². The van der Waals surface area contributed by atoms with Crippen molar-refractivity contribution in [3.05, 3.63) is 162 Å². The van der Waals surface area contributed by atoms with Gasteiger partial charge in [0, 0.05) is 16.9 Å². The van der Waals surface area contributed by atoms with Crippen molar-refractivity contribution in [2.75, 3.05) is 4.90 Å². The number of rotatable bonds is 6. The zero-order chi connectivity index (χ0) is 22.3. The number of nitrogens with zero attached hydrogens (tertiary/aromatic N) is 1. The molecule has 0 heterocycles. The molecule has 158 valence electrons. The van der Waals surface area contributed by atoms with Crippen LogP contribution in [0.1, 0.15) is 16.7 Å². The Balaban J connectivity index is 1.75. The summed E-state index contributed by atoms with van der Waals surface area (Å²) in [5.74, 6) is 0. The minimum Gasteiger partial charge on any atom is -0.310 e. The molecular formula is C32H25N. The lowest BCUT2D eigenvalue weighted by Gasteiger charge is -2.28. The maximum absolute atomic E-state index is 2.33. The molecule has 1 nitrogen and oxygen atoms in total. The summed E-state index contributed by atoms with van der Waals surface area (Å²) in [6.07, 6.45) is 2.28. The van der Waals surface area contributed by atoms with Gasteiger partial charge < -0.3 is 4.90 Å². The summed E-state index contributed by atoms with van der Waals surface area (Å²) in [6.45, 7) is 0. The fourth-order valence-corrected chi connectivity index (χ4v) is 4.13. The van der Waals surface area contributed by atoms with Gasteiger partial charge >= 0.3 is 0 Å². The highest BCUT2D eigenvalue weighted by molar-refractivity contribution is 5.97. The molecule has 0 amide bonds. The summed E-state index contributed by atoms with van der Waals surface area (Å²) in [6, 6.07) is 50.9. The molecule has 0 aliphatic carbocycles. The van der Waals surface area contributed by atoms with Gasteiger partial charge in [0.15, 0.2) is 0 Å². The minimum absolute atomic E-state index is 1.13. The Morgan fingerprint density at radius 2 is 0.909 bits per heavy atom. The van der Waals surface area contributed by atoms with Gasteiger partial charge in [0.05, 0.1) is 5.69 Å². The van der Waals surface area contributed by atoms with Gasteiger partial charge in [-0.15, -0.1) is 0 Å². The topological polar surface area (TPSA) is 3.24 Å². The Bertz CT molecular complexity index is 1290. The average molecular weight is 424 g/mol. The average Bonchev–Trinajstić information content (AvgIpc) is 2.90. The molecule has 0 saturated heterocycles. The van der Waals surface area contributed by atoms with E-state index in [-0.39, 0.29) is 0 Å². The Morgan fingerprint density at radius 3 is 1.48 bits per heavy atom. The van der Waals surface area contributed by atoms with Crippen LogP contribution in [0, 0.1) is 0 Å². The molecule has 0 saturated carbocycles. The van der Waals surface area contributed by atoms with Crippen LogP contribution >= 0.6 is 0 Å². The monoisotopic (exact) mass is 423 g/mol. The Kier molecular flexibility index (Phi) is 6.13. The second-order valence-corrected chi connectivity index (χ2v) is 7.86. The molecule has 0 spiro atoms. The smallest absolute Gasteiger partial charge is 0.0540 e. The zero-order valence-electron chi connectivity index (χ0n) is 18.4. The van der Waals surface area contributed by atoms with Crippen LogP contribution in [0.25, 0.3) is 11.6 Å². The van der Waals surface area contributed by atoms with Crippen LogP contribution in [0.4, 0.5) is 17.1 Å². The first-order chi connectivity index (χ1) is 16.4. The van der Waals surface area contributed by atoms with Gasteiger partial charge in [-0.2, -0.15) is 0 Å². The van der Waals surface area contributed by atoms with Crippen molar-refractivity contribution >= 4 is 28.7 Å². The van der Waals surface area contributed by atoms with Gasteiger partial charge in [-0.1, -0.05) is 115 Å². The van der Waals surface area contributed by atoms with Crippen molar-refractivity contribution in [2.45, 2.75) is 0 Å². The fraction of sp³-hybridized carbons (Fsp3) is 0. The summed E-state index contributed by atoms with van der Waals surface area (Å²) in [4.78, 5) is 2.33. The molecule has 33 heavy (non-hydrogen) atoms. The molecule has 5 aromatic rings. The highest BCUT2D eigenvalue weighted by Gasteiger charge is 2.18. The van der Waals surface area contributed by atoms with Gasteiger partial charge in [0.1, 0.15) is 0 Å². The predicted molar refractivity (Wildman–Crippen MR) is 141 cm³/mol. The predicted octanol–water partition coefficient (Wildman–Crippen LogP) is 8.75.